The molecule has 0 aliphatic carbocycles. The molecule has 4 heteroatoms. The minimum atomic E-state index is 0.0703. The second kappa shape index (κ2) is 5.70. The van der Waals surface area contributed by atoms with Gasteiger partial charge in [-0.25, -0.2) is 5.01 Å². The first kappa shape index (κ1) is 12.0. The van der Waals surface area contributed by atoms with E-state index in [2.05, 4.69) is 0 Å². The van der Waals surface area contributed by atoms with E-state index in [9.17, 15) is 0 Å². The third kappa shape index (κ3) is 3.20. The number of likely N-dealkylation sites (N-methyl/N-ethyl adjacent to an activating group) is 1. The Morgan fingerprint density at radius 3 is 2.27 bits per heavy atom. The van der Waals surface area contributed by atoms with Gasteiger partial charge in [0.1, 0.15) is 5.75 Å². The second-order valence-corrected chi connectivity index (χ2v) is 3.41. The van der Waals surface area contributed by atoms with Crippen LogP contribution in [-0.2, 0) is 4.74 Å². The number of hydrogen-bond donors (Lipinski definition) is 1. The molecule has 0 aliphatic rings. The molecule has 1 atom stereocenters. The standard InChI is InChI=1S/C11H18N2O2/c1-13(12)11(8-14-2)9-4-6-10(15-3)7-5-9/h4-7,11H,8,12H2,1-3H3. The van der Waals surface area contributed by atoms with Crippen molar-refractivity contribution >= 4 is 0 Å². The second-order valence-electron chi connectivity index (χ2n) is 3.41. The summed E-state index contributed by atoms with van der Waals surface area (Å²) in [6.07, 6.45) is 0. The number of hydrazine groups is 1. The van der Waals surface area contributed by atoms with E-state index in [-0.39, 0.29) is 6.04 Å². The zero-order chi connectivity index (χ0) is 11.3. The summed E-state index contributed by atoms with van der Waals surface area (Å²) in [6, 6.07) is 7.89. The predicted molar refractivity (Wildman–Crippen MR) is 59.6 cm³/mol. The average Bonchev–Trinajstić information content (AvgIpc) is 2.26. The zero-order valence-electron chi connectivity index (χ0n) is 9.43. The minimum absolute atomic E-state index is 0.0703. The maximum atomic E-state index is 5.75. The summed E-state index contributed by atoms with van der Waals surface area (Å²) in [5.74, 6) is 6.59. The third-order valence-corrected chi connectivity index (χ3v) is 2.32. The van der Waals surface area contributed by atoms with Crippen molar-refractivity contribution < 1.29 is 9.47 Å². The summed E-state index contributed by atoms with van der Waals surface area (Å²) in [5, 5.41) is 1.64. The molecule has 0 aliphatic heterocycles. The van der Waals surface area contributed by atoms with Crippen molar-refractivity contribution in [2.45, 2.75) is 6.04 Å². The van der Waals surface area contributed by atoms with Crippen molar-refractivity contribution in [1.29, 1.82) is 0 Å². The number of benzene rings is 1. The maximum absolute atomic E-state index is 5.75. The van der Waals surface area contributed by atoms with E-state index in [1.54, 1.807) is 19.2 Å². The molecular weight excluding hydrogens is 192 g/mol. The van der Waals surface area contributed by atoms with Gasteiger partial charge in [0, 0.05) is 14.2 Å². The van der Waals surface area contributed by atoms with Gasteiger partial charge in [-0.15, -0.1) is 0 Å². The molecule has 0 heterocycles. The quantitative estimate of drug-likeness (QED) is 0.586. The molecule has 0 aromatic heterocycles. The van der Waals surface area contributed by atoms with Gasteiger partial charge in [0.05, 0.1) is 19.8 Å². The van der Waals surface area contributed by atoms with Gasteiger partial charge in [0.15, 0.2) is 0 Å². The van der Waals surface area contributed by atoms with E-state index in [1.807, 2.05) is 31.3 Å². The highest BCUT2D eigenvalue weighted by atomic mass is 16.5. The summed E-state index contributed by atoms with van der Waals surface area (Å²) >= 11 is 0. The minimum Gasteiger partial charge on any atom is -0.497 e. The molecule has 2 N–H and O–H groups in total. The molecule has 0 spiro atoms. The Bertz CT molecular complexity index is 285. The van der Waals surface area contributed by atoms with Crippen molar-refractivity contribution in [2.75, 3.05) is 27.9 Å². The first-order valence-electron chi connectivity index (χ1n) is 4.79. The molecule has 1 aromatic carbocycles. The van der Waals surface area contributed by atoms with Crippen molar-refractivity contribution in [3.05, 3.63) is 29.8 Å². The molecule has 4 nitrogen and oxygen atoms in total. The van der Waals surface area contributed by atoms with Crippen molar-refractivity contribution in [3.63, 3.8) is 0 Å². The van der Waals surface area contributed by atoms with Crippen LogP contribution in [0.3, 0.4) is 0 Å². The number of nitrogens with zero attached hydrogens (tertiary/aromatic N) is 1. The van der Waals surface area contributed by atoms with E-state index in [0.717, 1.165) is 11.3 Å². The first-order chi connectivity index (χ1) is 7.19. The average molecular weight is 210 g/mol. The van der Waals surface area contributed by atoms with Crippen LogP contribution in [0.1, 0.15) is 11.6 Å². The summed E-state index contributed by atoms with van der Waals surface area (Å²) in [7, 11) is 5.14. The molecule has 0 amide bonds. The molecule has 0 saturated heterocycles. The van der Waals surface area contributed by atoms with Crippen LogP contribution >= 0.6 is 0 Å². The van der Waals surface area contributed by atoms with E-state index >= 15 is 0 Å². The lowest BCUT2D eigenvalue weighted by molar-refractivity contribution is 0.107. The largest absolute Gasteiger partial charge is 0.497 e. The topological polar surface area (TPSA) is 47.7 Å². The monoisotopic (exact) mass is 210 g/mol. The molecule has 1 aromatic rings. The van der Waals surface area contributed by atoms with Crippen LogP contribution in [0.25, 0.3) is 0 Å². The zero-order valence-corrected chi connectivity index (χ0v) is 9.43. The summed E-state index contributed by atoms with van der Waals surface area (Å²) in [6.45, 7) is 0.569. The Morgan fingerprint density at radius 1 is 1.27 bits per heavy atom. The van der Waals surface area contributed by atoms with Crippen LogP contribution in [-0.4, -0.2) is 32.9 Å². The van der Waals surface area contributed by atoms with Gasteiger partial charge in [-0.05, 0) is 17.7 Å². The Hall–Kier alpha value is -1.10. The van der Waals surface area contributed by atoms with Gasteiger partial charge in [-0.3, -0.25) is 5.84 Å². The van der Waals surface area contributed by atoms with Gasteiger partial charge < -0.3 is 9.47 Å². The summed E-state index contributed by atoms with van der Waals surface area (Å²) < 4.78 is 10.2. The van der Waals surface area contributed by atoms with Crippen LogP contribution in [0.5, 0.6) is 5.75 Å². The van der Waals surface area contributed by atoms with Crippen LogP contribution in [0.4, 0.5) is 0 Å². The molecule has 0 bridgehead atoms. The molecule has 0 fully saturated rings. The fraction of sp³-hybridized carbons (Fsp3) is 0.455. The number of ether oxygens (including phenoxy) is 2. The lowest BCUT2D eigenvalue weighted by atomic mass is 10.1. The third-order valence-electron chi connectivity index (χ3n) is 2.32. The van der Waals surface area contributed by atoms with E-state index in [4.69, 9.17) is 15.3 Å². The lowest BCUT2D eigenvalue weighted by Crippen LogP contribution is -2.33. The number of hydrogen-bond acceptors (Lipinski definition) is 4. The summed E-state index contributed by atoms with van der Waals surface area (Å²) in [5.41, 5.74) is 1.11. The van der Waals surface area contributed by atoms with Crippen LogP contribution in [0.2, 0.25) is 0 Å². The van der Waals surface area contributed by atoms with Crippen molar-refractivity contribution in [1.82, 2.24) is 5.01 Å². The molecule has 84 valence electrons. The molecule has 1 rings (SSSR count). The Labute approximate surface area is 90.6 Å². The number of nitrogens with two attached hydrogens (primary N) is 1. The Balaban J connectivity index is 2.81. The highest BCUT2D eigenvalue weighted by Gasteiger charge is 2.13. The van der Waals surface area contributed by atoms with E-state index in [1.165, 1.54) is 0 Å². The smallest absolute Gasteiger partial charge is 0.118 e. The number of rotatable bonds is 5. The molecule has 1 unspecified atom stereocenters. The van der Waals surface area contributed by atoms with Crippen LogP contribution in [0.15, 0.2) is 24.3 Å². The highest BCUT2D eigenvalue weighted by Crippen LogP contribution is 2.20. The maximum Gasteiger partial charge on any atom is 0.118 e. The van der Waals surface area contributed by atoms with Crippen molar-refractivity contribution in [3.8, 4) is 5.75 Å². The fourth-order valence-electron chi connectivity index (χ4n) is 1.43. The molecule has 0 saturated carbocycles. The van der Waals surface area contributed by atoms with Gasteiger partial charge in [0.25, 0.3) is 0 Å². The van der Waals surface area contributed by atoms with Gasteiger partial charge in [0.2, 0.25) is 0 Å². The molecule has 0 radical (unpaired) electrons. The highest BCUT2D eigenvalue weighted by molar-refractivity contribution is 5.29. The predicted octanol–water partition coefficient (Wildman–Crippen LogP) is 1.19. The van der Waals surface area contributed by atoms with Gasteiger partial charge in [-0.1, -0.05) is 12.1 Å². The molecule has 15 heavy (non-hydrogen) atoms. The van der Waals surface area contributed by atoms with Crippen LogP contribution < -0.4 is 10.6 Å². The Morgan fingerprint density at radius 2 is 1.87 bits per heavy atom. The normalized spacial score (nSPS) is 12.9. The Kier molecular flexibility index (Phi) is 4.55. The van der Waals surface area contributed by atoms with Crippen molar-refractivity contribution in [2.24, 2.45) is 5.84 Å². The molecular formula is C11H18N2O2. The fourth-order valence-corrected chi connectivity index (χ4v) is 1.43. The SMILES string of the molecule is COCC(c1ccc(OC)cc1)N(C)N. The lowest BCUT2D eigenvalue weighted by Gasteiger charge is -2.23. The van der Waals surface area contributed by atoms with Crippen LogP contribution in [0, 0.1) is 0 Å². The van der Waals surface area contributed by atoms with E-state index < -0.39 is 0 Å². The van der Waals surface area contributed by atoms with E-state index in [0.29, 0.717) is 6.61 Å². The summed E-state index contributed by atoms with van der Waals surface area (Å²) in [4.78, 5) is 0. The first-order valence-corrected chi connectivity index (χ1v) is 4.79. The van der Waals surface area contributed by atoms with Gasteiger partial charge >= 0.3 is 0 Å². The van der Waals surface area contributed by atoms with Gasteiger partial charge in [-0.2, -0.15) is 0 Å². The number of methoxy groups -OCH3 is 2.